The Morgan fingerprint density at radius 1 is 1.12 bits per heavy atom. The van der Waals surface area contributed by atoms with Gasteiger partial charge in [0.1, 0.15) is 10.9 Å². The van der Waals surface area contributed by atoms with Gasteiger partial charge in [-0.15, -0.1) is 23.1 Å². The maximum absolute atomic E-state index is 6.04. The molecule has 3 heterocycles. The Morgan fingerprint density at radius 3 is 2.76 bits per heavy atom. The van der Waals surface area contributed by atoms with Crippen molar-refractivity contribution in [3.05, 3.63) is 51.4 Å². The number of rotatable bonds is 5. The first-order valence-corrected chi connectivity index (χ1v) is 10.4. The number of fused-ring (bicyclic) bond motifs is 1. The van der Waals surface area contributed by atoms with E-state index in [1.54, 1.807) is 23.1 Å². The van der Waals surface area contributed by atoms with E-state index in [1.807, 2.05) is 18.2 Å². The van der Waals surface area contributed by atoms with E-state index in [4.69, 9.17) is 26.3 Å². The fraction of sp³-hybridized carbons (Fsp3) is 0.333. The summed E-state index contributed by atoms with van der Waals surface area (Å²) in [5.41, 5.74) is 1.01. The van der Waals surface area contributed by atoms with Gasteiger partial charge in [0, 0.05) is 29.1 Å². The van der Waals surface area contributed by atoms with E-state index in [9.17, 15) is 0 Å². The van der Waals surface area contributed by atoms with Gasteiger partial charge in [-0.3, -0.25) is 4.90 Å². The zero-order valence-corrected chi connectivity index (χ0v) is 16.0. The summed E-state index contributed by atoms with van der Waals surface area (Å²) in [5, 5.41) is 2.15. The van der Waals surface area contributed by atoms with Crippen LogP contribution < -0.4 is 0 Å². The second-order valence-electron chi connectivity index (χ2n) is 5.85. The molecule has 3 aromatic rings. The van der Waals surface area contributed by atoms with Crippen molar-refractivity contribution in [1.82, 2.24) is 14.9 Å². The second-order valence-corrected chi connectivity index (χ2v) is 8.61. The fourth-order valence-corrected chi connectivity index (χ4v) is 4.97. The van der Waals surface area contributed by atoms with Crippen LogP contribution in [0.15, 0.2) is 41.4 Å². The maximum atomic E-state index is 6.04. The van der Waals surface area contributed by atoms with Gasteiger partial charge >= 0.3 is 0 Å². The first-order chi connectivity index (χ1) is 12.3. The van der Waals surface area contributed by atoms with E-state index < -0.39 is 0 Å². The highest BCUT2D eigenvalue weighted by atomic mass is 35.5. The Labute approximate surface area is 160 Å². The highest BCUT2D eigenvalue weighted by Crippen LogP contribution is 2.31. The lowest BCUT2D eigenvalue weighted by Gasteiger charge is -2.25. The Balaban J connectivity index is 1.59. The maximum Gasteiger partial charge on any atom is 0.144 e. The minimum atomic E-state index is 0.770. The predicted octanol–water partition coefficient (Wildman–Crippen LogP) is 4.47. The minimum Gasteiger partial charge on any atom is -0.379 e. The van der Waals surface area contributed by atoms with Crippen molar-refractivity contribution in [3.63, 3.8) is 0 Å². The molecule has 0 radical (unpaired) electrons. The number of morpholine rings is 1. The van der Waals surface area contributed by atoms with Crippen molar-refractivity contribution in [3.8, 4) is 0 Å². The summed E-state index contributed by atoms with van der Waals surface area (Å²) in [7, 11) is 0. The van der Waals surface area contributed by atoms with E-state index >= 15 is 0 Å². The summed E-state index contributed by atoms with van der Waals surface area (Å²) in [6, 6.07) is 12.3. The molecular formula is C18H18ClN3OS2. The van der Waals surface area contributed by atoms with Crippen LogP contribution in [0.2, 0.25) is 4.34 Å². The van der Waals surface area contributed by atoms with Crippen LogP contribution in [0.3, 0.4) is 0 Å². The molecule has 0 unspecified atom stereocenters. The van der Waals surface area contributed by atoms with Crippen LogP contribution in [0.25, 0.3) is 10.9 Å². The molecule has 1 saturated heterocycles. The molecular weight excluding hydrogens is 374 g/mol. The Hall–Kier alpha value is -1.18. The molecule has 1 aromatic carbocycles. The van der Waals surface area contributed by atoms with Crippen molar-refractivity contribution >= 4 is 45.6 Å². The van der Waals surface area contributed by atoms with Crippen LogP contribution in [0, 0.1) is 0 Å². The first kappa shape index (κ1) is 17.2. The number of aromatic nitrogens is 2. The third-order valence-corrected chi connectivity index (χ3v) is 6.52. The highest BCUT2D eigenvalue weighted by molar-refractivity contribution is 7.98. The Morgan fingerprint density at radius 2 is 1.96 bits per heavy atom. The number of hydrogen-bond acceptors (Lipinski definition) is 6. The molecule has 0 spiro atoms. The Kier molecular flexibility index (Phi) is 5.53. The smallest absolute Gasteiger partial charge is 0.144 e. The van der Waals surface area contributed by atoms with Crippen molar-refractivity contribution in [2.75, 3.05) is 26.3 Å². The van der Waals surface area contributed by atoms with E-state index in [2.05, 4.69) is 23.1 Å². The molecule has 130 valence electrons. The fourth-order valence-electron chi connectivity index (χ4n) is 2.80. The molecule has 25 heavy (non-hydrogen) atoms. The summed E-state index contributed by atoms with van der Waals surface area (Å²) in [6.45, 7) is 4.22. The topological polar surface area (TPSA) is 38.2 Å². The summed E-state index contributed by atoms with van der Waals surface area (Å²) >= 11 is 9.41. The van der Waals surface area contributed by atoms with Gasteiger partial charge in [-0.1, -0.05) is 29.8 Å². The molecule has 0 atom stereocenters. The highest BCUT2D eigenvalue weighted by Gasteiger charge is 2.15. The quantitative estimate of drug-likeness (QED) is 0.474. The predicted molar refractivity (Wildman–Crippen MR) is 105 cm³/mol. The third-order valence-electron chi connectivity index (χ3n) is 4.06. The van der Waals surface area contributed by atoms with Crippen LogP contribution in [0.5, 0.6) is 0 Å². The van der Waals surface area contributed by atoms with Crippen LogP contribution >= 0.6 is 34.7 Å². The minimum absolute atomic E-state index is 0.770. The van der Waals surface area contributed by atoms with Crippen LogP contribution in [-0.4, -0.2) is 41.2 Å². The number of halogens is 1. The molecule has 0 bridgehead atoms. The molecule has 0 saturated carbocycles. The number of nitrogens with zero attached hydrogens (tertiary/aromatic N) is 3. The first-order valence-electron chi connectivity index (χ1n) is 8.21. The second kappa shape index (κ2) is 8.01. The molecule has 0 amide bonds. The standard InChI is InChI=1S/C18H18ClN3OS2/c19-16-6-5-13(25-16)12-24-18-14-3-1-2-4-15(14)20-17(21-18)11-22-7-9-23-10-8-22/h1-6H,7-12H2. The zero-order chi connectivity index (χ0) is 17.1. The SMILES string of the molecule is Clc1ccc(CSc2nc(CN3CCOCC3)nc3ccccc23)s1. The van der Waals surface area contributed by atoms with Crippen LogP contribution in [0.1, 0.15) is 10.7 Å². The lowest BCUT2D eigenvalue weighted by Crippen LogP contribution is -2.36. The van der Waals surface area contributed by atoms with E-state index in [0.717, 1.165) is 64.7 Å². The number of benzene rings is 1. The molecule has 1 aliphatic heterocycles. The lowest BCUT2D eigenvalue weighted by atomic mass is 10.2. The van der Waals surface area contributed by atoms with E-state index in [1.165, 1.54) is 4.88 Å². The molecule has 1 fully saturated rings. The van der Waals surface area contributed by atoms with E-state index in [-0.39, 0.29) is 0 Å². The number of thioether (sulfide) groups is 1. The number of ether oxygens (including phenoxy) is 1. The number of hydrogen-bond donors (Lipinski definition) is 0. The van der Waals surface area contributed by atoms with Crippen molar-refractivity contribution < 1.29 is 4.74 Å². The molecule has 0 N–H and O–H groups in total. The van der Waals surface area contributed by atoms with Gasteiger partial charge in [0.25, 0.3) is 0 Å². The molecule has 1 aliphatic rings. The van der Waals surface area contributed by atoms with Crippen LogP contribution in [-0.2, 0) is 17.0 Å². The van der Waals surface area contributed by atoms with Gasteiger partial charge in [0.05, 0.1) is 29.6 Å². The lowest BCUT2D eigenvalue weighted by molar-refractivity contribution is 0.0330. The Bertz CT molecular complexity index is 864. The van der Waals surface area contributed by atoms with Crippen molar-refractivity contribution in [2.45, 2.75) is 17.3 Å². The summed E-state index contributed by atoms with van der Waals surface area (Å²) in [6.07, 6.45) is 0. The zero-order valence-electron chi connectivity index (χ0n) is 13.7. The van der Waals surface area contributed by atoms with Gasteiger partial charge in [0.15, 0.2) is 0 Å². The summed E-state index contributed by atoms with van der Waals surface area (Å²) < 4.78 is 6.25. The normalized spacial score (nSPS) is 15.7. The van der Waals surface area contributed by atoms with Gasteiger partial charge in [-0.25, -0.2) is 9.97 Å². The average Bonchev–Trinajstić information content (AvgIpc) is 3.06. The average molecular weight is 392 g/mol. The van der Waals surface area contributed by atoms with Gasteiger partial charge in [0.2, 0.25) is 0 Å². The van der Waals surface area contributed by atoms with Crippen LogP contribution in [0.4, 0.5) is 0 Å². The molecule has 4 nitrogen and oxygen atoms in total. The number of para-hydroxylation sites is 1. The summed E-state index contributed by atoms with van der Waals surface area (Å²) in [5.74, 6) is 1.75. The van der Waals surface area contributed by atoms with Crippen molar-refractivity contribution in [1.29, 1.82) is 0 Å². The van der Waals surface area contributed by atoms with Crippen molar-refractivity contribution in [2.24, 2.45) is 0 Å². The third kappa shape index (κ3) is 4.33. The number of thiophene rings is 1. The molecule has 4 rings (SSSR count). The largest absolute Gasteiger partial charge is 0.379 e. The van der Waals surface area contributed by atoms with Gasteiger partial charge < -0.3 is 4.74 Å². The van der Waals surface area contributed by atoms with Gasteiger partial charge in [-0.05, 0) is 18.2 Å². The molecule has 2 aromatic heterocycles. The summed E-state index contributed by atoms with van der Waals surface area (Å²) in [4.78, 5) is 13.2. The van der Waals surface area contributed by atoms with Gasteiger partial charge in [-0.2, -0.15) is 0 Å². The monoisotopic (exact) mass is 391 g/mol. The molecule has 7 heteroatoms. The molecule has 0 aliphatic carbocycles. The van der Waals surface area contributed by atoms with E-state index in [0.29, 0.717) is 0 Å².